The van der Waals surface area contributed by atoms with Gasteiger partial charge in [-0.15, -0.1) is 0 Å². The Morgan fingerprint density at radius 2 is 1.47 bits per heavy atom. The fraction of sp³-hybridized carbons (Fsp3) is 0.174. The molecule has 2 N–H and O–H groups in total. The van der Waals surface area contributed by atoms with Gasteiger partial charge in [-0.1, -0.05) is 59.1 Å². The molecule has 0 aliphatic heterocycles. The number of aryl methyl sites for hydroxylation is 2. The normalized spacial score (nSPS) is 12.3. The third-order valence-electron chi connectivity index (χ3n) is 4.72. The zero-order chi connectivity index (χ0) is 21.9. The Balaban J connectivity index is 1.79. The summed E-state index contributed by atoms with van der Waals surface area (Å²) in [6.45, 7) is 5.75. The predicted octanol–water partition coefficient (Wildman–Crippen LogP) is 5.25. The van der Waals surface area contributed by atoms with Crippen LogP contribution < -0.4 is 10.0 Å². The summed E-state index contributed by atoms with van der Waals surface area (Å²) in [6.07, 6.45) is 0. The van der Waals surface area contributed by atoms with Crippen LogP contribution in [0, 0.1) is 13.8 Å². The molecule has 1 atom stereocenters. The second-order valence-corrected chi connectivity index (χ2v) is 9.31. The van der Waals surface area contributed by atoms with Gasteiger partial charge in [0.25, 0.3) is 15.9 Å². The van der Waals surface area contributed by atoms with Crippen LogP contribution in [0.5, 0.6) is 0 Å². The van der Waals surface area contributed by atoms with Crippen LogP contribution >= 0.6 is 11.6 Å². The molecule has 0 heterocycles. The summed E-state index contributed by atoms with van der Waals surface area (Å²) < 4.78 is 27.8. The highest BCUT2D eigenvalue weighted by molar-refractivity contribution is 7.92. The van der Waals surface area contributed by atoms with Gasteiger partial charge in [0.05, 0.1) is 21.5 Å². The maximum atomic E-state index is 12.8. The molecule has 30 heavy (non-hydrogen) atoms. The van der Waals surface area contributed by atoms with Crippen LogP contribution in [0.1, 0.15) is 40.0 Å². The molecule has 3 aromatic carbocycles. The average molecular weight is 443 g/mol. The summed E-state index contributed by atoms with van der Waals surface area (Å²) in [5, 5.41) is 3.14. The minimum absolute atomic E-state index is 0.141. The fourth-order valence-electron chi connectivity index (χ4n) is 2.91. The van der Waals surface area contributed by atoms with Crippen molar-refractivity contribution in [3.8, 4) is 0 Å². The van der Waals surface area contributed by atoms with Crippen molar-refractivity contribution in [2.75, 3.05) is 4.72 Å². The Morgan fingerprint density at radius 3 is 2.07 bits per heavy atom. The quantitative estimate of drug-likeness (QED) is 0.547. The molecule has 0 aliphatic carbocycles. The topological polar surface area (TPSA) is 75.3 Å². The van der Waals surface area contributed by atoms with Gasteiger partial charge in [-0.05, 0) is 56.7 Å². The molecule has 5 nitrogen and oxygen atoms in total. The maximum Gasteiger partial charge on any atom is 0.261 e. The first-order valence-corrected chi connectivity index (χ1v) is 11.3. The van der Waals surface area contributed by atoms with Gasteiger partial charge in [0.2, 0.25) is 0 Å². The van der Waals surface area contributed by atoms with Crippen molar-refractivity contribution in [1.82, 2.24) is 5.32 Å². The molecule has 156 valence electrons. The number of carbonyl (C=O) groups is 1. The van der Waals surface area contributed by atoms with Crippen molar-refractivity contribution in [1.29, 1.82) is 0 Å². The van der Waals surface area contributed by atoms with Crippen LogP contribution in [-0.4, -0.2) is 14.3 Å². The number of amides is 1. The lowest BCUT2D eigenvalue weighted by molar-refractivity contribution is 0.0940. The van der Waals surface area contributed by atoms with Crippen LogP contribution in [0.3, 0.4) is 0 Å². The molecule has 0 radical (unpaired) electrons. The largest absolute Gasteiger partial charge is 0.345 e. The Bertz CT molecular complexity index is 1160. The first kappa shape index (κ1) is 21.9. The lowest BCUT2D eigenvalue weighted by Gasteiger charge is -2.16. The van der Waals surface area contributed by atoms with E-state index in [4.69, 9.17) is 11.6 Å². The number of sulfonamides is 1. The van der Waals surface area contributed by atoms with Crippen molar-refractivity contribution >= 4 is 33.2 Å². The van der Waals surface area contributed by atoms with Crippen LogP contribution in [0.25, 0.3) is 0 Å². The monoisotopic (exact) mass is 442 g/mol. The zero-order valence-electron chi connectivity index (χ0n) is 16.9. The second kappa shape index (κ2) is 8.90. The lowest BCUT2D eigenvalue weighted by atomic mass is 10.1. The van der Waals surface area contributed by atoms with Crippen LogP contribution in [-0.2, 0) is 10.0 Å². The van der Waals surface area contributed by atoms with E-state index in [1.807, 2.05) is 45.0 Å². The highest BCUT2D eigenvalue weighted by Crippen LogP contribution is 2.24. The minimum atomic E-state index is -3.78. The van der Waals surface area contributed by atoms with E-state index in [-0.39, 0.29) is 33.1 Å². The van der Waals surface area contributed by atoms with Gasteiger partial charge in [-0.25, -0.2) is 8.42 Å². The summed E-state index contributed by atoms with van der Waals surface area (Å²) >= 11 is 6.21. The Hall–Kier alpha value is -2.83. The number of benzene rings is 3. The minimum Gasteiger partial charge on any atom is -0.345 e. The summed E-state index contributed by atoms with van der Waals surface area (Å²) in [6, 6.07) is 18.6. The number of rotatable bonds is 6. The summed E-state index contributed by atoms with van der Waals surface area (Å²) in [5.74, 6) is -0.385. The van der Waals surface area contributed by atoms with Crippen molar-refractivity contribution < 1.29 is 13.2 Å². The highest BCUT2D eigenvalue weighted by atomic mass is 35.5. The first-order valence-electron chi connectivity index (χ1n) is 9.42. The number of nitrogens with one attached hydrogen (secondary N) is 2. The third kappa shape index (κ3) is 5.20. The zero-order valence-corrected chi connectivity index (χ0v) is 18.5. The van der Waals surface area contributed by atoms with Crippen LogP contribution in [0.4, 0.5) is 5.69 Å². The molecular weight excluding hydrogens is 420 g/mol. The van der Waals surface area contributed by atoms with E-state index in [2.05, 4.69) is 10.0 Å². The second-order valence-electron chi connectivity index (χ2n) is 7.22. The van der Waals surface area contributed by atoms with Gasteiger partial charge in [-0.2, -0.15) is 0 Å². The standard InChI is InChI=1S/C23H23ClN2O3S/c1-15-4-8-18(9-5-15)17(3)25-23(27)21-14-19(10-13-22(21)24)26-30(28,29)20-11-6-16(2)7-12-20/h4-14,17,26H,1-3H3,(H,25,27)/t17-/m0/s1. The Labute approximate surface area is 182 Å². The Kier molecular flexibility index (Phi) is 6.48. The van der Waals surface area contributed by atoms with Gasteiger partial charge in [0.1, 0.15) is 0 Å². The van der Waals surface area contributed by atoms with E-state index in [1.54, 1.807) is 12.1 Å². The Morgan fingerprint density at radius 1 is 0.900 bits per heavy atom. The van der Waals surface area contributed by atoms with E-state index < -0.39 is 10.0 Å². The predicted molar refractivity (Wildman–Crippen MR) is 120 cm³/mol. The number of hydrogen-bond acceptors (Lipinski definition) is 3. The summed E-state index contributed by atoms with van der Waals surface area (Å²) in [5.41, 5.74) is 3.50. The average Bonchev–Trinajstić information content (AvgIpc) is 2.70. The van der Waals surface area contributed by atoms with Crippen molar-refractivity contribution in [2.24, 2.45) is 0 Å². The number of carbonyl (C=O) groups excluding carboxylic acids is 1. The molecule has 7 heteroatoms. The molecule has 0 saturated carbocycles. The molecule has 0 bridgehead atoms. The van der Waals surface area contributed by atoms with Crippen molar-refractivity contribution in [2.45, 2.75) is 31.7 Å². The summed E-state index contributed by atoms with van der Waals surface area (Å²) in [4.78, 5) is 12.9. The van der Waals surface area contributed by atoms with E-state index in [0.717, 1.165) is 16.7 Å². The van der Waals surface area contributed by atoms with Gasteiger partial charge in [0.15, 0.2) is 0 Å². The molecule has 3 rings (SSSR count). The molecular formula is C23H23ClN2O3S. The van der Waals surface area contributed by atoms with Crippen molar-refractivity contribution in [3.63, 3.8) is 0 Å². The van der Waals surface area contributed by atoms with Gasteiger partial charge < -0.3 is 5.32 Å². The molecule has 0 unspecified atom stereocenters. The van der Waals surface area contributed by atoms with E-state index >= 15 is 0 Å². The fourth-order valence-corrected chi connectivity index (χ4v) is 4.16. The SMILES string of the molecule is Cc1ccc([C@H](C)NC(=O)c2cc(NS(=O)(=O)c3ccc(C)cc3)ccc2Cl)cc1. The van der Waals surface area contributed by atoms with E-state index in [1.165, 1.54) is 30.3 Å². The van der Waals surface area contributed by atoms with Crippen LogP contribution in [0.15, 0.2) is 71.6 Å². The number of halogens is 1. The van der Waals surface area contributed by atoms with Gasteiger partial charge >= 0.3 is 0 Å². The molecule has 0 aromatic heterocycles. The third-order valence-corrected chi connectivity index (χ3v) is 6.45. The van der Waals surface area contributed by atoms with Gasteiger partial charge in [-0.3, -0.25) is 9.52 Å². The highest BCUT2D eigenvalue weighted by Gasteiger charge is 2.18. The molecule has 0 fully saturated rings. The van der Waals surface area contributed by atoms with E-state index in [0.29, 0.717) is 0 Å². The number of hydrogen-bond donors (Lipinski definition) is 2. The first-order chi connectivity index (χ1) is 14.2. The van der Waals surface area contributed by atoms with Gasteiger partial charge in [0, 0.05) is 5.69 Å². The molecule has 3 aromatic rings. The lowest BCUT2D eigenvalue weighted by Crippen LogP contribution is -2.27. The number of anilines is 1. The molecule has 0 saturated heterocycles. The summed E-state index contributed by atoms with van der Waals surface area (Å²) in [7, 11) is -3.78. The molecule has 0 spiro atoms. The van der Waals surface area contributed by atoms with Crippen LogP contribution in [0.2, 0.25) is 5.02 Å². The van der Waals surface area contributed by atoms with Crippen molar-refractivity contribution in [3.05, 3.63) is 94.0 Å². The molecule has 0 aliphatic rings. The maximum absolute atomic E-state index is 12.8. The smallest absolute Gasteiger partial charge is 0.261 e. The van der Waals surface area contributed by atoms with E-state index in [9.17, 15) is 13.2 Å². The molecule has 1 amide bonds.